The molecule has 5 nitrogen and oxygen atoms in total. The predicted molar refractivity (Wildman–Crippen MR) is 62.7 cm³/mol. The van der Waals surface area contributed by atoms with Gasteiger partial charge < -0.3 is 0 Å². The minimum absolute atomic E-state index is 0.292. The van der Waals surface area contributed by atoms with Gasteiger partial charge in [0.05, 0.1) is 5.69 Å². The zero-order valence-electron chi connectivity index (χ0n) is 10.1. The van der Waals surface area contributed by atoms with Crippen molar-refractivity contribution in [2.24, 2.45) is 0 Å². The number of hydrogen-bond acceptors (Lipinski definition) is 4. The van der Waals surface area contributed by atoms with E-state index in [0.29, 0.717) is 11.5 Å². The van der Waals surface area contributed by atoms with E-state index in [-0.39, 0.29) is 0 Å². The first-order valence-corrected chi connectivity index (χ1v) is 5.45. The second kappa shape index (κ2) is 4.34. The molecule has 17 heavy (non-hydrogen) atoms. The average Bonchev–Trinajstić information content (AvgIpc) is 2.64. The van der Waals surface area contributed by atoms with Crippen molar-refractivity contribution in [3.05, 3.63) is 35.0 Å². The van der Waals surface area contributed by atoms with Gasteiger partial charge in [0.1, 0.15) is 6.07 Å². The van der Waals surface area contributed by atoms with Crippen LogP contribution in [0.1, 0.15) is 29.6 Å². The van der Waals surface area contributed by atoms with Gasteiger partial charge >= 0.3 is 0 Å². The van der Waals surface area contributed by atoms with Crippen LogP contribution in [0.2, 0.25) is 0 Å². The number of nitrogens with zero attached hydrogens (tertiary/aromatic N) is 5. The summed E-state index contributed by atoms with van der Waals surface area (Å²) >= 11 is 0. The van der Waals surface area contributed by atoms with E-state index in [4.69, 9.17) is 5.26 Å². The van der Waals surface area contributed by atoms with E-state index in [1.54, 1.807) is 10.9 Å². The van der Waals surface area contributed by atoms with Gasteiger partial charge in [-0.2, -0.15) is 10.4 Å². The molecule has 0 atom stereocenters. The Morgan fingerprint density at radius 2 is 2.00 bits per heavy atom. The van der Waals surface area contributed by atoms with Gasteiger partial charge in [-0.3, -0.25) is 0 Å². The summed E-state index contributed by atoms with van der Waals surface area (Å²) in [6, 6.07) is 2.03. The lowest BCUT2D eigenvalue weighted by molar-refractivity contribution is 0.794. The highest BCUT2D eigenvalue weighted by Gasteiger charge is 2.15. The summed E-state index contributed by atoms with van der Waals surface area (Å²) in [5, 5.41) is 13.4. The molecule has 0 saturated carbocycles. The fourth-order valence-electron chi connectivity index (χ4n) is 1.96. The summed E-state index contributed by atoms with van der Waals surface area (Å²) in [7, 11) is 0. The maximum atomic E-state index is 9.01. The van der Waals surface area contributed by atoms with Crippen molar-refractivity contribution in [2.45, 2.75) is 27.2 Å². The molecule has 0 aliphatic rings. The first-order valence-electron chi connectivity index (χ1n) is 5.45. The van der Waals surface area contributed by atoms with Crippen LogP contribution in [-0.2, 0) is 6.42 Å². The van der Waals surface area contributed by atoms with Gasteiger partial charge in [0.2, 0.25) is 0 Å². The third-order valence-corrected chi connectivity index (χ3v) is 2.78. The third-order valence-electron chi connectivity index (χ3n) is 2.78. The zero-order valence-corrected chi connectivity index (χ0v) is 10.1. The van der Waals surface area contributed by atoms with Crippen LogP contribution >= 0.6 is 0 Å². The van der Waals surface area contributed by atoms with E-state index < -0.39 is 0 Å². The highest BCUT2D eigenvalue weighted by Crippen LogP contribution is 2.18. The maximum Gasteiger partial charge on any atom is 0.190 e. The van der Waals surface area contributed by atoms with Crippen LogP contribution in [0.15, 0.2) is 12.4 Å². The van der Waals surface area contributed by atoms with Crippen LogP contribution in [0.3, 0.4) is 0 Å². The fraction of sp³-hybridized carbons (Fsp3) is 0.333. The van der Waals surface area contributed by atoms with Gasteiger partial charge in [-0.15, -0.1) is 0 Å². The molecule has 0 fully saturated rings. The molecule has 0 unspecified atom stereocenters. The number of rotatable bonds is 2. The molecule has 2 aromatic rings. The highest BCUT2D eigenvalue weighted by molar-refractivity contribution is 5.40. The smallest absolute Gasteiger partial charge is 0.190 e. The summed E-state index contributed by atoms with van der Waals surface area (Å²) in [6.07, 6.45) is 3.99. The molecule has 0 saturated heterocycles. The van der Waals surface area contributed by atoms with Crippen molar-refractivity contribution in [2.75, 3.05) is 0 Å². The molecule has 0 aliphatic heterocycles. The Morgan fingerprint density at radius 3 is 2.59 bits per heavy atom. The molecule has 2 aromatic heterocycles. The third kappa shape index (κ3) is 1.78. The van der Waals surface area contributed by atoms with Crippen molar-refractivity contribution in [1.29, 1.82) is 5.26 Å². The summed E-state index contributed by atoms with van der Waals surface area (Å²) in [4.78, 5) is 8.18. The van der Waals surface area contributed by atoms with Gasteiger partial charge in [0, 0.05) is 18.1 Å². The van der Waals surface area contributed by atoms with Gasteiger partial charge in [-0.25, -0.2) is 14.6 Å². The highest BCUT2D eigenvalue weighted by atomic mass is 15.3. The first-order chi connectivity index (χ1) is 8.19. The van der Waals surface area contributed by atoms with E-state index in [2.05, 4.69) is 22.0 Å². The van der Waals surface area contributed by atoms with E-state index in [1.165, 1.54) is 11.8 Å². The van der Waals surface area contributed by atoms with Gasteiger partial charge in [0.25, 0.3) is 0 Å². The molecule has 2 rings (SSSR count). The van der Waals surface area contributed by atoms with Crippen molar-refractivity contribution in [3.63, 3.8) is 0 Å². The molecule has 5 heteroatoms. The monoisotopic (exact) mass is 227 g/mol. The van der Waals surface area contributed by atoms with Crippen LogP contribution in [-0.4, -0.2) is 19.7 Å². The minimum atomic E-state index is 0.292. The molecule has 0 N–H and O–H groups in total. The molecule has 0 bridgehead atoms. The summed E-state index contributed by atoms with van der Waals surface area (Å²) in [5.74, 6) is 0.496. The molecule has 0 aliphatic carbocycles. The molecule has 86 valence electrons. The Balaban J connectivity index is 2.66. The molecule has 2 heterocycles. The van der Waals surface area contributed by atoms with Crippen LogP contribution in [0.4, 0.5) is 0 Å². The lowest BCUT2D eigenvalue weighted by atomic mass is 10.1. The quantitative estimate of drug-likeness (QED) is 0.783. The van der Waals surface area contributed by atoms with Crippen LogP contribution in [0.5, 0.6) is 0 Å². The number of aromatic nitrogens is 4. The Labute approximate surface area is 99.8 Å². The Hall–Kier alpha value is -2.22. The molecular weight excluding hydrogens is 214 g/mol. The normalized spacial score (nSPS) is 10.2. The summed E-state index contributed by atoms with van der Waals surface area (Å²) in [6.45, 7) is 6.03. The second-order valence-corrected chi connectivity index (χ2v) is 3.76. The van der Waals surface area contributed by atoms with Crippen molar-refractivity contribution in [1.82, 2.24) is 19.7 Å². The Bertz CT molecular complexity index is 591. The van der Waals surface area contributed by atoms with Crippen molar-refractivity contribution < 1.29 is 0 Å². The number of aryl methyl sites for hydroxylation is 1. The van der Waals surface area contributed by atoms with Gasteiger partial charge in [-0.05, 0) is 25.8 Å². The Morgan fingerprint density at radius 1 is 1.29 bits per heavy atom. The molecular formula is C12H13N5. The fourth-order valence-corrected chi connectivity index (χ4v) is 1.96. The minimum Gasteiger partial charge on any atom is -0.240 e. The van der Waals surface area contributed by atoms with E-state index in [0.717, 1.165) is 17.8 Å². The zero-order chi connectivity index (χ0) is 12.4. The average molecular weight is 227 g/mol. The number of hydrogen-bond donors (Lipinski definition) is 0. The van der Waals surface area contributed by atoms with Gasteiger partial charge in [0.15, 0.2) is 11.5 Å². The van der Waals surface area contributed by atoms with Crippen LogP contribution in [0, 0.1) is 25.2 Å². The first kappa shape index (κ1) is 11.3. The molecule has 0 spiro atoms. The summed E-state index contributed by atoms with van der Waals surface area (Å²) < 4.78 is 1.69. The lowest BCUT2D eigenvalue weighted by Gasteiger charge is -2.04. The second-order valence-electron chi connectivity index (χ2n) is 3.76. The van der Waals surface area contributed by atoms with Crippen LogP contribution < -0.4 is 0 Å². The van der Waals surface area contributed by atoms with E-state index >= 15 is 0 Å². The molecule has 0 aromatic carbocycles. The predicted octanol–water partition coefficient (Wildman–Crippen LogP) is 1.71. The Kier molecular flexibility index (Phi) is 2.88. The molecule has 0 radical (unpaired) electrons. The van der Waals surface area contributed by atoms with E-state index in [1.807, 2.05) is 19.9 Å². The lowest BCUT2D eigenvalue weighted by Crippen LogP contribution is -2.06. The molecule has 0 amide bonds. The topological polar surface area (TPSA) is 67.4 Å². The standard InChI is InChI=1S/C12H13N5/c1-4-10-8(2)16-17(9(10)3)12-11(7-13)14-5-6-15-12/h5-6H,4H2,1-3H3. The van der Waals surface area contributed by atoms with Crippen molar-refractivity contribution >= 4 is 0 Å². The summed E-state index contributed by atoms with van der Waals surface area (Å²) in [5.41, 5.74) is 3.47. The largest absolute Gasteiger partial charge is 0.240 e. The van der Waals surface area contributed by atoms with Crippen LogP contribution in [0.25, 0.3) is 5.82 Å². The number of nitriles is 1. The SMILES string of the molecule is CCc1c(C)nn(-c2nccnc2C#N)c1C. The van der Waals surface area contributed by atoms with E-state index in [9.17, 15) is 0 Å². The van der Waals surface area contributed by atoms with Crippen molar-refractivity contribution in [3.8, 4) is 11.9 Å². The van der Waals surface area contributed by atoms with Gasteiger partial charge in [-0.1, -0.05) is 6.92 Å². The maximum absolute atomic E-state index is 9.01.